The zero-order valence-electron chi connectivity index (χ0n) is 16.6. The van der Waals surface area contributed by atoms with Crippen molar-refractivity contribution in [2.45, 2.75) is 6.04 Å². The number of halogens is 2. The molecule has 8 heteroatoms. The average Bonchev–Trinajstić information content (AvgIpc) is 3.08. The summed E-state index contributed by atoms with van der Waals surface area (Å²) in [5, 5.41) is 10.7. The van der Waals surface area contributed by atoms with E-state index in [1.807, 2.05) is 12.1 Å². The Labute approximate surface area is 195 Å². The van der Waals surface area contributed by atoms with Crippen LogP contribution in [0.5, 0.6) is 11.5 Å². The van der Waals surface area contributed by atoms with Crippen LogP contribution in [0.4, 0.5) is 5.69 Å². The summed E-state index contributed by atoms with van der Waals surface area (Å²) in [5.74, 6) is -0.279. The van der Waals surface area contributed by atoms with Crippen molar-refractivity contribution < 1.29 is 19.1 Å². The van der Waals surface area contributed by atoms with Gasteiger partial charge in [-0.1, -0.05) is 33.6 Å². The Hall–Kier alpha value is -3.29. The van der Waals surface area contributed by atoms with E-state index < -0.39 is 11.9 Å². The topological polar surface area (TPSA) is 80.0 Å². The second-order valence-corrected chi connectivity index (χ2v) is 8.65. The number of hydrogen-bond acceptors (Lipinski definition) is 5. The van der Waals surface area contributed by atoms with Gasteiger partial charge in [0.2, 0.25) is 5.76 Å². The van der Waals surface area contributed by atoms with Gasteiger partial charge in [0.1, 0.15) is 5.58 Å². The van der Waals surface area contributed by atoms with Crippen LogP contribution >= 0.6 is 27.5 Å². The van der Waals surface area contributed by atoms with Crippen molar-refractivity contribution in [3.05, 3.63) is 97.3 Å². The molecule has 1 aliphatic heterocycles. The van der Waals surface area contributed by atoms with E-state index in [-0.39, 0.29) is 39.2 Å². The van der Waals surface area contributed by atoms with Crippen molar-refractivity contribution in [3.63, 3.8) is 0 Å². The molecule has 0 bridgehead atoms. The molecular weight excluding hydrogens is 498 g/mol. The van der Waals surface area contributed by atoms with Gasteiger partial charge in [-0.25, -0.2) is 0 Å². The second kappa shape index (κ2) is 7.69. The number of hydrogen-bond donors (Lipinski definition) is 1. The molecule has 0 fully saturated rings. The molecule has 0 aliphatic carbocycles. The molecule has 1 aromatic heterocycles. The van der Waals surface area contributed by atoms with Crippen LogP contribution in [0.15, 0.2) is 74.3 Å². The molecule has 1 amide bonds. The molecule has 1 aliphatic rings. The lowest BCUT2D eigenvalue weighted by Gasteiger charge is -2.25. The first-order chi connectivity index (χ1) is 15.4. The minimum absolute atomic E-state index is 0.0233. The smallest absolute Gasteiger partial charge is 0.295 e. The molecule has 3 aromatic carbocycles. The minimum atomic E-state index is -0.784. The van der Waals surface area contributed by atoms with Crippen molar-refractivity contribution in [2.24, 2.45) is 0 Å². The Morgan fingerprint density at radius 3 is 2.53 bits per heavy atom. The first-order valence-electron chi connectivity index (χ1n) is 9.61. The molecule has 1 atom stereocenters. The number of ether oxygens (including phenoxy) is 1. The van der Waals surface area contributed by atoms with Crippen LogP contribution in [-0.4, -0.2) is 18.1 Å². The van der Waals surface area contributed by atoms with Gasteiger partial charge >= 0.3 is 0 Å². The van der Waals surface area contributed by atoms with Crippen molar-refractivity contribution in [3.8, 4) is 11.5 Å². The first-order valence-corrected chi connectivity index (χ1v) is 10.8. The summed E-state index contributed by atoms with van der Waals surface area (Å²) in [4.78, 5) is 28.6. The highest BCUT2D eigenvalue weighted by Crippen LogP contribution is 2.43. The van der Waals surface area contributed by atoms with E-state index in [0.717, 1.165) is 4.47 Å². The van der Waals surface area contributed by atoms with Crippen molar-refractivity contribution >= 4 is 50.1 Å². The summed E-state index contributed by atoms with van der Waals surface area (Å²) < 4.78 is 12.0. The standard InChI is InChI=1S/C24H15BrClNO5/c1-31-19-10-12(2-8-17(19)28)21-20-22(29)16-11-14(26)5-9-18(16)32-23(20)24(30)27(21)15-6-3-13(25)4-7-15/h2-11,21,28H,1H3. The molecule has 2 heterocycles. The van der Waals surface area contributed by atoms with Crippen molar-refractivity contribution in [1.82, 2.24) is 0 Å². The largest absolute Gasteiger partial charge is 0.504 e. The number of carbonyl (C=O) groups is 1. The van der Waals surface area contributed by atoms with Gasteiger partial charge in [0.25, 0.3) is 5.91 Å². The van der Waals surface area contributed by atoms with Crippen LogP contribution in [0.2, 0.25) is 5.02 Å². The molecule has 6 nitrogen and oxygen atoms in total. The van der Waals surface area contributed by atoms with E-state index in [2.05, 4.69) is 15.9 Å². The fraction of sp³-hybridized carbons (Fsp3) is 0.0833. The summed E-state index contributed by atoms with van der Waals surface area (Å²) in [6.45, 7) is 0. The molecule has 160 valence electrons. The molecule has 4 aromatic rings. The number of carbonyl (C=O) groups excluding carboxylic acids is 1. The Kier molecular flexibility index (Phi) is 4.95. The number of nitrogens with zero attached hydrogens (tertiary/aromatic N) is 1. The van der Waals surface area contributed by atoms with Gasteiger partial charge in [-0.3, -0.25) is 14.5 Å². The number of benzene rings is 3. The number of anilines is 1. The average molecular weight is 513 g/mol. The maximum absolute atomic E-state index is 13.6. The number of aromatic hydroxyl groups is 1. The number of phenolic OH excluding ortho intramolecular Hbond substituents is 1. The lowest BCUT2D eigenvalue weighted by Crippen LogP contribution is -2.29. The zero-order chi connectivity index (χ0) is 22.6. The number of rotatable bonds is 3. The third-order valence-electron chi connectivity index (χ3n) is 5.46. The summed E-state index contributed by atoms with van der Waals surface area (Å²) >= 11 is 9.52. The summed E-state index contributed by atoms with van der Waals surface area (Å²) in [7, 11) is 1.43. The van der Waals surface area contributed by atoms with Crippen LogP contribution in [0.1, 0.15) is 27.7 Å². The highest BCUT2D eigenvalue weighted by Gasteiger charge is 2.43. The Balaban J connectivity index is 1.82. The highest BCUT2D eigenvalue weighted by atomic mass is 79.9. The van der Waals surface area contributed by atoms with E-state index in [1.54, 1.807) is 36.4 Å². The summed E-state index contributed by atoms with van der Waals surface area (Å²) in [6, 6.07) is 15.8. The van der Waals surface area contributed by atoms with Crippen LogP contribution in [0, 0.1) is 0 Å². The molecule has 0 spiro atoms. The quantitative estimate of drug-likeness (QED) is 0.382. The van der Waals surface area contributed by atoms with Crippen molar-refractivity contribution in [2.75, 3.05) is 12.0 Å². The maximum atomic E-state index is 13.6. The lowest BCUT2D eigenvalue weighted by molar-refractivity contribution is 0.0971. The first kappa shape index (κ1) is 20.6. The lowest BCUT2D eigenvalue weighted by atomic mass is 9.97. The van der Waals surface area contributed by atoms with Gasteiger partial charge in [-0.15, -0.1) is 0 Å². The maximum Gasteiger partial charge on any atom is 0.295 e. The second-order valence-electron chi connectivity index (χ2n) is 7.30. The molecular formula is C24H15BrClNO5. The number of amides is 1. The number of phenols is 1. The van der Waals surface area contributed by atoms with Crippen molar-refractivity contribution in [1.29, 1.82) is 0 Å². The molecule has 32 heavy (non-hydrogen) atoms. The number of methoxy groups -OCH3 is 1. The predicted octanol–water partition coefficient (Wildman–Crippen LogP) is 5.67. The Bertz CT molecular complexity index is 1450. The van der Waals surface area contributed by atoms with E-state index in [1.165, 1.54) is 24.1 Å². The normalized spacial score (nSPS) is 15.3. The van der Waals surface area contributed by atoms with Crippen LogP contribution in [0.25, 0.3) is 11.0 Å². The molecule has 1 unspecified atom stereocenters. The minimum Gasteiger partial charge on any atom is -0.504 e. The van der Waals surface area contributed by atoms with E-state index >= 15 is 0 Å². The number of fused-ring (bicyclic) bond motifs is 2. The van der Waals surface area contributed by atoms with Gasteiger partial charge in [0.15, 0.2) is 16.9 Å². The third-order valence-corrected chi connectivity index (χ3v) is 6.22. The molecule has 0 saturated heterocycles. The molecule has 0 radical (unpaired) electrons. The predicted molar refractivity (Wildman–Crippen MR) is 125 cm³/mol. The SMILES string of the molecule is COc1cc(C2c3c(oc4ccc(Cl)cc4c3=O)C(=O)N2c2ccc(Br)cc2)ccc1O. The Morgan fingerprint density at radius 1 is 1.06 bits per heavy atom. The van der Waals surface area contributed by atoms with Crippen LogP contribution in [-0.2, 0) is 0 Å². The Morgan fingerprint density at radius 2 is 1.81 bits per heavy atom. The van der Waals surface area contributed by atoms with Crippen LogP contribution in [0.3, 0.4) is 0 Å². The van der Waals surface area contributed by atoms with E-state index in [0.29, 0.717) is 16.3 Å². The van der Waals surface area contributed by atoms with E-state index in [4.69, 9.17) is 20.8 Å². The fourth-order valence-corrected chi connectivity index (χ4v) is 4.43. The molecule has 1 N–H and O–H groups in total. The zero-order valence-corrected chi connectivity index (χ0v) is 19.0. The van der Waals surface area contributed by atoms with Gasteiger partial charge in [-0.05, 0) is 60.2 Å². The third kappa shape index (κ3) is 3.16. The van der Waals surface area contributed by atoms with Gasteiger partial charge in [0.05, 0.1) is 24.1 Å². The van der Waals surface area contributed by atoms with Gasteiger partial charge < -0.3 is 14.3 Å². The van der Waals surface area contributed by atoms with Gasteiger partial charge in [-0.2, -0.15) is 0 Å². The monoisotopic (exact) mass is 511 g/mol. The van der Waals surface area contributed by atoms with Gasteiger partial charge in [0, 0.05) is 15.2 Å². The van der Waals surface area contributed by atoms with Crippen LogP contribution < -0.4 is 15.1 Å². The fourth-order valence-electron chi connectivity index (χ4n) is 3.99. The highest BCUT2D eigenvalue weighted by molar-refractivity contribution is 9.10. The molecule has 0 saturated carbocycles. The summed E-state index contributed by atoms with van der Waals surface area (Å²) in [5.41, 5.74) is 1.33. The van der Waals surface area contributed by atoms with E-state index in [9.17, 15) is 14.7 Å². The summed E-state index contributed by atoms with van der Waals surface area (Å²) in [6.07, 6.45) is 0. The molecule has 5 rings (SSSR count).